The second-order valence-corrected chi connectivity index (χ2v) is 5.35. The fourth-order valence-corrected chi connectivity index (χ4v) is 4.30. The summed E-state index contributed by atoms with van der Waals surface area (Å²) in [5, 5.41) is 0. The highest BCUT2D eigenvalue weighted by atomic mass is 14.6. The zero-order valence-corrected chi connectivity index (χ0v) is 9.24. The zero-order chi connectivity index (χ0) is 9.76. The molecule has 0 aromatic rings. The van der Waals surface area contributed by atoms with Crippen LogP contribution in [0.5, 0.6) is 0 Å². The minimum Gasteiger partial charge on any atom is -0.0848 e. The van der Waals surface area contributed by atoms with Crippen molar-refractivity contribution in [3.8, 4) is 0 Å². The molecule has 0 nitrogen and oxygen atoms in total. The fraction of sp³-hybridized carbons (Fsp3) is 0.714. The molecule has 0 unspecified atom stereocenters. The lowest BCUT2D eigenvalue weighted by Gasteiger charge is -2.37. The van der Waals surface area contributed by atoms with Gasteiger partial charge in [-0.2, -0.15) is 0 Å². The predicted molar refractivity (Wildman–Crippen MR) is 59.9 cm³/mol. The van der Waals surface area contributed by atoms with Crippen LogP contribution in [0.3, 0.4) is 0 Å². The van der Waals surface area contributed by atoms with E-state index in [1.54, 1.807) is 0 Å². The maximum Gasteiger partial charge on any atom is -0.00837 e. The van der Waals surface area contributed by atoms with Gasteiger partial charge in [0.15, 0.2) is 0 Å². The van der Waals surface area contributed by atoms with E-state index in [1.807, 2.05) is 0 Å². The van der Waals surface area contributed by atoms with E-state index in [2.05, 4.69) is 38.2 Å². The van der Waals surface area contributed by atoms with Crippen LogP contribution < -0.4 is 0 Å². The molecule has 3 aliphatic rings. The Labute approximate surface area is 87.1 Å². The van der Waals surface area contributed by atoms with Gasteiger partial charge in [0.1, 0.15) is 0 Å². The first-order chi connectivity index (χ1) is 6.80. The Morgan fingerprint density at radius 1 is 1.07 bits per heavy atom. The molecule has 0 aromatic carbocycles. The summed E-state index contributed by atoms with van der Waals surface area (Å²) >= 11 is 0. The summed E-state index contributed by atoms with van der Waals surface area (Å²) < 4.78 is 0. The highest BCUT2D eigenvalue weighted by Crippen LogP contribution is 2.61. The van der Waals surface area contributed by atoms with Gasteiger partial charge in [0, 0.05) is 0 Å². The van der Waals surface area contributed by atoms with E-state index in [1.165, 1.54) is 19.3 Å². The van der Waals surface area contributed by atoms with Crippen LogP contribution in [-0.2, 0) is 0 Å². The van der Waals surface area contributed by atoms with Crippen LogP contribution in [0.15, 0.2) is 24.3 Å². The third-order valence-electron chi connectivity index (χ3n) is 5.15. The Morgan fingerprint density at radius 2 is 1.79 bits per heavy atom. The van der Waals surface area contributed by atoms with Gasteiger partial charge in [-0.05, 0) is 48.3 Å². The summed E-state index contributed by atoms with van der Waals surface area (Å²) in [7, 11) is 0. The molecule has 0 spiro atoms. The summed E-state index contributed by atoms with van der Waals surface area (Å²) in [4.78, 5) is 0. The molecule has 76 valence electrons. The topological polar surface area (TPSA) is 0 Å². The monoisotopic (exact) mass is 188 g/mol. The number of hydrogen-bond acceptors (Lipinski definition) is 0. The molecule has 0 radical (unpaired) electrons. The van der Waals surface area contributed by atoms with Crippen molar-refractivity contribution in [1.82, 2.24) is 0 Å². The van der Waals surface area contributed by atoms with Crippen LogP contribution in [0.4, 0.5) is 0 Å². The van der Waals surface area contributed by atoms with Crippen LogP contribution >= 0.6 is 0 Å². The first kappa shape index (κ1) is 8.76. The van der Waals surface area contributed by atoms with Gasteiger partial charge in [-0.3, -0.25) is 0 Å². The van der Waals surface area contributed by atoms with Crippen LogP contribution in [0.25, 0.3) is 0 Å². The molecular formula is C14H20. The lowest BCUT2D eigenvalue weighted by molar-refractivity contribution is 0.169. The van der Waals surface area contributed by atoms with Crippen molar-refractivity contribution in [2.45, 2.75) is 33.1 Å². The molecule has 0 heteroatoms. The van der Waals surface area contributed by atoms with Gasteiger partial charge in [-0.25, -0.2) is 0 Å². The third kappa shape index (κ3) is 0.852. The maximum atomic E-state index is 2.55. The van der Waals surface area contributed by atoms with Gasteiger partial charge in [-0.15, -0.1) is 0 Å². The van der Waals surface area contributed by atoms with Crippen LogP contribution in [0.2, 0.25) is 0 Å². The van der Waals surface area contributed by atoms with E-state index in [4.69, 9.17) is 0 Å². The quantitative estimate of drug-likeness (QED) is 0.578. The van der Waals surface area contributed by atoms with Gasteiger partial charge >= 0.3 is 0 Å². The van der Waals surface area contributed by atoms with Crippen LogP contribution in [0.1, 0.15) is 33.1 Å². The molecule has 0 amide bonds. The van der Waals surface area contributed by atoms with E-state index in [9.17, 15) is 0 Å². The Bertz CT molecular complexity index is 293. The second kappa shape index (κ2) is 2.74. The molecule has 14 heavy (non-hydrogen) atoms. The number of rotatable bonds is 2. The average molecular weight is 188 g/mol. The Balaban J connectivity index is 1.99. The van der Waals surface area contributed by atoms with Crippen LogP contribution in [0, 0.1) is 29.1 Å². The lowest BCUT2D eigenvalue weighted by Crippen LogP contribution is -2.30. The molecule has 3 rings (SSSR count). The number of hydrogen-bond donors (Lipinski definition) is 0. The van der Waals surface area contributed by atoms with Crippen molar-refractivity contribution < 1.29 is 0 Å². The molecule has 2 bridgehead atoms. The molecule has 0 N–H and O–H groups in total. The predicted octanol–water partition coefficient (Wildman–Crippen LogP) is 3.80. The van der Waals surface area contributed by atoms with Gasteiger partial charge in [0.05, 0.1) is 0 Å². The van der Waals surface area contributed by atoms with E-state index < -0.39 is 0 Å². The standard InChI is InChI=1S/C14H20/c1-3-14(4-2)8-7-12-10-5-6-11(9-10)13(12)14/h5-8,10-13H,3-4,9H2,1-2H3/t10-,11+,12-,13+/m0/s1. The fourth-order valence-electron chi connectivity index (χ4n) is 4.30. The average Bonchev–Trinajstić information content (AvgIpc) is 2.90. The molecule has 1 fully saturated rings. The smallest absolute Gasteiger partial charge is 0.00837 e. The Morgan fingerprint density at radius 3 is 2.50 bits per heavy atom. The lowest BCUT2D eigenvalue weighted by atomic mass is 9.67. The van der Waals surface area contributed by atoms with Gasteiger partial charge in [-0.1, -0.05) is 38.2 Å². The normalized spacial score (nSPS) is 46.1. The summed E-state index contributed by atoms with van der Waals surface area (Å²) in [6.45, 7) is 4.73. The van der Waals surface area contributed by atoms with Crippen molar-refractivity contribution in [1.29, 1.82) is 0 Å². The van der Waals surface area contributed by atoms with Crippen LogP contribution in [-0.4, -0.2) is 0 Å². The van der Waals surface area contributed by atoms with Gasteiger partial charge in [0.25, 0.3) is 0 Å². The Kier molecular flexibility index (Phi) is 1.72. The van der Waals surface area contributed by atoms with Crippen molar-refractivity contribution in [3.63, 3.8) is 0 Å². The highest BCUT2D eigenvalue weighted by Gasteiger charge is 2.53. The molecule has 4 atom stereocenters. The molecule has 0 heterocycles. The summed E-state index contributed by atoms with van der Waals surface area (Å²) in [6, 6.07) is 0. The van der Waals surface area contributed by atoms with E-state index in [0.29, 0.717) is 5.41 Å². The zero-order valence-electron chi connectivity index (χ0n) is 9.24. The summed E-state index contributed by atoms with van der Waals surface area (Å²) in [6.07, 6.45) is 14.2. The minimum atomic E-state index is 0.550. The van der Waals surface area contributed by atoms with E-state index >= 15 is 0 Å². The van der Waals surface area contributed by atoms with Crippen molar-refractivity contribution in [2.24, 2.45) is 29.1 Å². The van der Waals surface area contributed by atoms with Crippen molar-refractivity contribution in [2.75, 3.05) is 0 Å². The first-order valence-corrected chi connectivity index (χ1v) is 6.18. The second-order valence-electron chi connectivity index (χ2n) is 5.35. The summed E-state index contributed by atoms with van der Waals surface area (Å²) in [5.41, 5.74) is 0.550. The number of fused-ring (bicyclic) bond motifs is 5. The van der Waals surface area contributed by atoms with Gasteiger partial charge in [0.2, 0.25) is 0 Å². The maximum absolute atomic E-state index is 2.55. The van der Waals surface area contributed by atoms with Gasteiger partial charge < -0.3 is 0 Å². The van der Waals surface area contributed by atoms with Crippen molar-refractivity contribution >= 4 is 0 Å². The molecule has 0 aromatic heterocycles. The third-order valence-corrected chi connectivity index (χ3v) is 5.15. The van der Waals surface area contributed by atoms with Crippen molar-refractivity contribution in [3.05, 3.63) is 24.3 Å². The molecule has 1 saturated carbocycles. The Hall–Kier alpha value is -0.520. The molecule has 0 saturated heterocycles. The summed E-state index contributed by atoms with van der Waals surface area (Å²) in [5.74, 6) is 3.64. The molecule has 3 aliphatic carbocycles. The first-order valence-electron chi connectivity index (χ1n) is 6.18. The van der Waals surface area contributed by atoms with E-state index in [-0.39, 0.29) is 0 Å². The number of allylic oxidation sites excluding steroid dienone is 4. The molecule has 0 aliphatic heterocycles. The largest absolute Gasteiger partial charge is 0.0848 e. The SMILES string of the molecule is CCC1(CC)C=C[C@@H]2[C@H]1[C@@H]1C=C[C@H]2C1. The molecular weight excluding hydrogens is 168 g/mol. The highest BCUT2D eigenvalue weighted by molar-refractivity contribution is 5.27. The van der Waals surface area contributed by atoms with E-state index in [0.717, 1.165) is 23.7 Å². The minimum absolute atomic E-state index is 0.550.